The molecular weight excluding hydrogens is 715 g/mol. The van der Waals surface area contributed by atoms with Crippen LogP contribution in [0.3, 0.4) is 0 Å². The molecule has 0 fully saturated rings. The topological polar surface area (TPSA) is 181 Å². The molecule has 0 saturated carbocycles. The zero-order chi connectivity index (χ0) is 41.9. The maximum Gasteiger partial charge on any atom is 0.321 e. The van der Waals surface area contributed by atoms with Gasteiger partial charge < -0.3 is 40.1 Å². The number of aliphatic hydroxyl groups excluding tert-OH is 1. The van der Waals surface area contributed by atoms with Gasteiger partial charge in [-0.05, 0) is 78.3 Å². The Balaban J connectivity index is 6.73. The highest BCUT2D eigenvalue weighted by Gasteiger charge is 2.41. The molecule has 7 amide bonds. The van der Waals surface area contributed by atoms with Gasteiger partial charge in [0.25, 0.3) is 5.91 Å². The summed E-state index contributed by atoms with van der Waals surface area (Å²) in [5.74, 6) is -2.30. The third-order valence-electron chi connectivity index (χ3n) is 9.42. The average molecular weight is 786 g/mol. The third-order valence-corrected chi connectivity index (χ3v) is 10.6. The molecule has 0 aliphatic heterocycles. The van der Waals surface area contributed by atoms with Crippen LogP contribution in [0, 0.1) is 11.8 Å². The molecule has 16 heteroatoms. The van der Waals surface area contributed by atoms with Gasteiger partial charge in [-0.2, -0.15) is 11.8 Å². The highest BCUT2D eigenvalue weighted by molar-refractivity contribution is 7.99. The number of amides is 7. The van der Waals surface area contributed by atoms with E-state index in [1.807, 2.05) is 51.9 Å². The molecule has 0 aromatic heterocycles. The van der Waals surface area contributed by atoms with Gasteiger partial charge in [-0.3, -0.25) is 29.3 Å². The lowest BCUT2D eigenvalue weighted by atomic mass is 9.92. The Kier molecular flexibility index (Phi) is 23.6. The van der Waals surface area contributed by atoms with Crippen molar-refractivity contribution < 1.29 is 38.6 Å². The molecule has 54 heavy (non-hydrogen) atoms. The van der Waals surface area contributed by atoms with Crippen LogP contribution in [0.5, 0.6) is 0 Å². The molecule has 0 rings (SSSR count). The lowest BCUT2D eigenvalue weighted by Crippen LogP contribution is -2.61. The Labute approximate surface area is 328 Å². The smallest absolute Gasteiger partial charge is 0.321 e. The van der Waals surface area contributed by atoms with Crippen LogP contribution in [0.1, 0.15) is 80.6 Å². The summed E-state index contributed by atoms with van der Waals surface area (Å²) in [6.45, 7) is 13.5. The zero-order valence-electron chi connectivity index (χ0n) is 35.4. The molecule has 0 aliphatic carbocycles. The van der Waals surface area contributed by atoms with Crippen molar-refractivity contribution in [1.29, 1.82) is 0 Å². The van der Waals surface area contributed by atoms with Gasteiger partial charge in [0.1, 0.15) is 24.2 Å². The molecule has 6 atom stereocenters. The summed E-state index contributed by atoms with van der Waals surface area (Å²) in [6, 6.07) is -5.31. The number of thioether (sulfide) groups is 1. The number of hydrogen-bond donors (Lipinski definition) is 4. The summed E-state index contributed by atoms with van der Waals surface area (Å²) in [5, 5.41) is 18.8. The summed E-state index contributed by atoms with van der Waals surface area (Å²) in [6.07, 6.45) is 4.16. The van der Waals surface area contributed by atoms with Crippen LogP contribution in [-0.2, 0) is 28.7 Å². The summed E-state index contributed by atoms with van der Waals surface area (Å²) in [4.78, 5) is 87.2. The van der Waals surface area contributed by atoms with Crippen molar-refractivity contribution in [1.82, 2.24) is 35.6 Å². The lowest BCUT2D eigenvalue weighted by Gasteiger charge is -2.38. The first-order valence-corrected chi connectivity index (χ1v) is 19.9. The number of methoxy groups -OCH3 is 1. The first-order valence-electron chi connectivity index (χ1n) is 18.8. The van der Waals surface area contributed by atoms with Crippen molar-refractivity contribution in [2.45, 2.75) is 116 Å². The second kappa shape index (κ2) is 25.0. The largest absolute Gasteiger partial charge is 0.390 e. The zero-order valence-corrected chi connectivity index (χ0v) is 36.2. The van der Waals surface area contributed by atoms with E-state index in [4.69, 9.17) is 4.74 Å². The number of urea groups is 1. The molecule has 0 aromatic carbocycles. The number of aliphatic hydroxyl groups is 1. The van der Waals surface area contributed by atoms with E-state index in [0.717, 1.165) is 13.0 Å². The number of likely N-dealkylation sites (N-methyl/N-ethyl adjacent to an activating group) is 3. The number of nitrogens with zero attached hydrogens (tertiary/aromatic N) is 4. The number of nitrogens with one attached hydrogen (secondary N) is 3. The van der Waals surface area contributed by atoms with Gasteiger partial charge in [-0.15, -0.1) is 0 Å². The average Bonchev–Trinajstić information content (AvgIpc) is 3.11. The van der Waals surface area contributed by atoms with Crippen molar-refractivity contribution in [3.8, 4) is 0 Å². The molecular formula is C38H71N7O8S. The normalized spacial score (nSPS) is 15.2. The van der Waals surface area contributed by atoms with Crippen molar-refractivity contribution in [2.24, 2.45) is 11.8 Å². The Morgan fingerprint density at radius 3 is 2.00 bits per heavy atom. The maximum absolute atomic E-state index is 14.4. The Bertz CT molecular complexity index is 1250. The minimum absolute atomic E-state index is 0.0169. The number of allylic oxidation sites excluding steroid dienone is 2. The Morgan fingerprint density at radius 1 is 0.907 bits per heavy atom. The van der Waals surface area contributed by atoms with Gasteiger partial charge in [-0.25, -0.2) is 4.79 Å². The molecule has 0 spiro atoms. The molecule has 0 radical (unpaired) electrons. The van der Waals surface area contributed by atoms with Crippen molar-refractivity contribution in [2.75, 3.05) is 67.4 Å². The third kappa shape index (κ3) is 17.1. The van der Waals surface area contributed by atoms with Crippen molar-refractivity contribution in [3.05, 3.63) is 12.2 Å². The molecule has 0 bridgehead atoms. The molecule has 0 heterocycles. The fraction of sp³-hybridized carbons (Fsp3) is 0.789. The molecule has 0 aromatic rings. The number of carbonyl (C=O) groups excluding carboxylic acids is 6. The Hall–Kier alpha value is -3.21. The fourth-order valence-electron chi connectivity index (χ4n) is 5.63. The maximum atomic E-state index is 14.4. The second-order valence-corrected chi connectivity index (χ2v) is 16.3. The molecule has 0 unspecified atom stereocenters. The SMILES string of the molecule is C/C=C/C[C@@H](C)[C@@H](O)[C@@H](C(=O)N[C@@H](CC)C(=O)N(C)[C@H](CSCCCN(C)C)C(=O)N(C)[C@@H](CC(C)(C)OC)C(=O)NC(=O)NC)N(C)C(=O)CC(C)C. The van der Waals surface area contributed by atoms with E-state index < -0.39 is 65.5 Å². The van der Waals surface area contributed by atoms with E-state index in [2.05, 4.69) is 16.0 Å². The van der Waals surface area contributed by atoms with Crippen LogP contribution in [0.2, 0.25) is 0 Å². The van der Waals surface area contributed by atoms with Crippen molar-refractivity contribution in [3.63, 3.8) is 0 Å². The van der Waals surface area contributed by atoms with E-state index in [0.29, 0.717) is 12.2 Å². The van der Waals surface area contributed by atoms with Crippen LogP contribution >= 0.6 is 11.8 Å². The number of imide groups is 1. The predicted octanol–water partition coefficient (Wildman–Crippen LogP) is 2.33. The van der Waals surface area contributed by atoms with Crippen molar-refractivity contribution >= 4 is 47.3 Å². The van der Waals surface area contributed by atoms with E-state index in [9.17, 15) is 33.9 Å². The summed E-state index contributed by atoms with van der Waals surface area (Å²) < 4.78 is 5.56. The predicted molar refractivity (Wildman–Crippen MR) is 215 cm³/mol. The number of ether oxygens (including phenoxy) is 1. The quantitative estimate of drug-likeness (QED) is 0.0839. The van der Waals surface area contributed by atoms with Crippen LogP contribution in [0.4, 0.5) is 4.79 Å². The molecule has 312 valence electrons. The van der Waals surface area contributed by atoms with Gasteiger partial charge in [0.15, 0.2) is 0 Å². The first kappa shape index (κ1) is 50.8. The molecule has 4 N–H and O–H groups in total. The van der Waals surface area contributed by atoms with Crippen LogP contribution in [0.25, 0.3) is 0 Å². The first-order chi connectivity index (χ1) is 25.1. The van der Waals surface area contributed by atoms with E-state index in [1.165, 1.54) is 61.8 Å². The molecule has 15 nitrogen and oxygen atoms in total. The fourth-order valence-corrected chi connectivity index (χ4v) is 6.72. The van der Waals surface area contributed by atoms with Gasteiger partial charge in [0, 0.05) is 53.9 Å². The number of hydrogen-bond acceptors (Lipinski definition) is 10. The van der Waals surface area contributed by atoms with E-state index in [-0.39, 0.29) is 42.8 Å². The Morgan fingerprint density at radius 2 is 1.50 bits per heavy atom. The number of rotatable bonds is 24. The highest BCUT2D eigenvalue weighted by atomic mass is 32.2. The van der Waals surface area contributed by atoms with Crippen LogP contribution in [-0.4, -0.2) is 164 Å². The number of carbonyl (C=O) groups is 6. The minimum atomic E-state index is -1.27. The van der Waals surface area contributed by atoms with E-state index in [1.54, 1.807) is 27.7 Å². The van der Waals surface area contributed by atoms with Gasteiger partial charge in [-0.1, -0.05) is 39.8 Å². The van der Waals surface area contributed by atoms with E-state index >= 15 is 0 Å². The molecule has 0 aliphatic rings. The summed E-state index contributed by atoms with van der Waals surface area (Å²) in [7, 11) is 11.2. The lowest BCUT2D eigenvalue weighted by molar-refractivity contribution is -0.150. The summed E-state index contributed by atoms with van der Waals surface area (Å²) in [5.41, 5.74) is -0.857. The van der Waals surface area contributed by atoms with Gasteiger partial charge >= 0.3 is 6.03 Å². The van der Waals surface area contributed by atoms with Gasteiger partial charge in [0.2, 0.25) is 23.6 Å². The standard InChI is InChI=1S/C38H71N7O8S/c1-15-17-19-26(5)32(47)31(45(13)30(46)22-25(3)4)34(49)40-27(16-2)35(50)44(12)29(24-54-21-18-20-42(9)10)36(51)43(11)28(23-38(6,7)53-14)33(48)41-37(52)39-8/h15,17,25-29,31-32,47H,16,18-24H2,1-14H3,(H,40,49)(H2,39,41,48,52)/b17-15+/t26-,27+,28+,29-,31+,32-/m1/s1. The van der Waals surface area contributed by atoms with Crippen LogP contribution in [0.15, 0.2) is 12.2 Å². The summed E-state index contributed by atoms with van der Waals surface area (Å²) >= 11 is 1.48. The van der Waals surface area contributed by atoms with Crippen LogP contribution < -0.4 is 16.0 Å². The molecule has 0 saturated heterocycles. The second-order valence-electron chi connectivity index (χ2n) is 15.2. The monoisotopic (exact) mass is 786 g/mol. The van der Waals surface area contributed by atoms with Gasteiger partial charge in [0.05, 0.1) is 11.7 Å². The highest BCUT2D eigenvalue weighted by Crippen LogP contribution is 2.23. The minimum Gasteiger partial charge on any atom is -0.390 e.